The van der Waals surface area contributed by atoms with Crippen LogP contribution in [-0.4, -0.2) is 43.4 Å². The van der Waals surface area contributed by atoms with E-state index < -0.39 is 5.97 Å². The van der Waals surface area contributed by atoms with Gasteiger partial charge in [0.25, 0.3) is 0 Å². The Labute approximate surface area is 141 Å². The van der Waals surface area contributed by atoms with Gasteiger partial charge in [0.15, 0.2) is 17.2 Å². The van der Waals surface area contributed by atoms with E-state index >= 15 is 0 Å². The van der Waals surface area contributed by atoms with Crippen molar-refractivity contribution in [1.82, 2.24) is 19.2 Å². The minimum atomic E-state index is -1.05. The first-order valence-electron chi connectivity index (χ1n) is 7.74. The van der Waals surface area contributed by atoms with Crippen molar-refractivity contribution in [3.63, 3.8) is 0 Å². The average molecular weight is 341 g/mol. The Hall–Kier alpha value is -3.36. The number of carboxylic acids is 1. The van der Waals surface area contributed by atoms with E-state index in [-0.39, 0.29) is 11.3 Å². The highest BCUT2D eigenvalue weighted by molar-refractivity contribution is 5.88. The standard InChI is InChI=1S/C16H15N5O4/c1-19-16(24)21-5-3-11(8-13(21)18-19)20-4-2-6-25-12-7-10(15(22)23)9-17-14(12)20/h3,5,7-9H,2,4,6H2,1H3,(H,22,23). The van der Waals surface area contributed by atoms with Crippen molar-refractivity contribution in [2.24, 2.45) is 7.05 Å². The Kier molecular flexibility index (Phi) is 3.41. The van der Waals surface area contributed by atoms with E-state index in [9.17, 15) is 9.59 Å². The topological polar surface area (TPSA) is 102 Å². The molecule has 0 amide bonds. The third kappa shape index (κ3) is 2.49. The Morgan fingerprint density at radius 3 is 3.00 bits per heavy atom. The first-order chi connectivity index (χ1) is 12.0. The molecule has 0 saturated heterocycles. The molecule has 1 aliphatic rings. The molecule has 25 heavy (non-hydrogen) atoms. The van der Waals surface area contributed by atoms with Crippen LogP contribution >= 0.6 is 0 Å². The van der Waals surface area contributed by atoms with Gasteiger partial charge in [-0.25, -0.2) is 19.3 Å². The summed E-state index contributed by atoms with van der Waals surface area (Å²) in [7, 11) is 1.60. The maximum Gasteiger partial charge on any atom is 0.350 e. The summed E-state index contributed by atoms with van der Waals surface area (Å²) in [5.41, 5.74) is 1.19. The number of anilines is 2. The number of ether oxygens (including phenoxy) is 1. The highest BCUT2D eigenvalue weighted by Crippen LogP contribution is 2.34. The van der Waals surface area contributed by atoms with Crippen molar-refractivity contribution < 1.29 is 14.6 Å². The lowest BCUT2D eigenvalue weighted by Crippen LogP contribution is -2.20. The summed E-state index contributed by atoms with van der Waals surface area (Å²) in [5, 5.41) is 13.3. The molecule has 0 spiro atoms. The van der Waals surface area contributed by atoms with Crippen LogP contribution in [0.15, 0.2) is 35.4 Å². The van der Waals surface area contributed by atoms with Gasteiger partial charge in [0, 0.05) is 43.8 Å². The molecule has 3 aromatic rings. The molecule has 0 saturated carbocycles. The van der Waals surface area contributed by atoms with Gasteiger partial charge in [-0.3, -0.25) is 4.40 Å². The van der Waals surface area contributed by atoms with Crippen LogP contribution in [0.3, 0.4) is 0 Å². The molecule has 0 aliphatic carbocycles. The Bertz CT molecular complexity index is 1040. The lowest BCUT2D eigenvalue weighted by molar-refractivity contribution is 0.0696. The number of fused-ring (bicyclic) bond motifs is 2. The molecule has 3 aromatic heterocycles. The minimum Gasteiger partial charge on any atom is -0.490 e. The molecule has 0 aromatic carbocycles. The fourth-order valence-corrected chi connectivity index (χ4v) is 2.86. The summed E-state index contributed by atoms with van der Waals surface area (Å²) in [5.74, 6) is -0.0789. The number of aromatic carboxylic acids is 1. The van der Waals surface area contributed by atoms with Crippen molar-refractivity contribution in [2.45, 2.75) is 6.42 Å². The van der Waals surface area contributed by atoms with Gasteiger partial charge >= 0.3 is 11.7 Å². The van der Waals surface area contributed by atoms with Gasteiger partial charge in [-0.2, -0.15) is 5.10 Å². The van der Waals surface area contributed by atoms with E-state index in [1.807, 2.05) is 4.90 Å². The van der Waals surface area contributed by atoms with Crippen molar-refractivity contribution in [1.29, 1.82) is 0 Å². The third-order valence-electron chi connectivity index (χ3n) is 4.08. The van der Waals surface area contributed by atoms with Crippen LogP contribution < -0.4 is 15.3 Å². The molecule has 4 heterocycles. The lowest BCUT2D eigenvalue weighted by atomic mass is 10.2. The van der Waals surface area contributed by atoms with E-state index in [2.05, 4.69) is 10.1 Å². The molecule has 0 atom stereocenters. The van der Waals surface area contributed by atoms with Crippen LogP contribution in [-0.2, 0) is 7.05 Å². The molecule has 4 rings (SSSR count). The van der Waals surface area contributed by atoms with Gasteiger partial charge in [-0.1, -0.05) is 0 Å². The van der Waals surface area contributed by atoms with E-state index in [0.717, 1.165) is 12.1 Å². The highest BCUT2D eigenvalue weighted by atomic mass is 16.5. The maximum absolute atomic E-state index is 11.9. The zero-order valence-electron chi connectivity index (χ0n) is 13.4. The molecular weight excluding hydrogens is 326 g/mol. The molecule has 9 nitrogen and oxygen atoms in total. The van der Waals surface area contributed by atoms with Gasteiger partial charge in [-0.05, 0) is 12.5 Å². The monoisotopic (exact) mass is 341 g/mol. The lowest BCUT2D eigenvalue weighted by Gasteiger charge is -2.22. The molecule has 1 N–H and O–H groups in total. The quantitative estimate of drug-likeness (QED) is 0.743. The fraction of sp³-hybridized carbons (Fsp3) is 0.250. The zero-order valence-corrected chi connectivity index (χ0v) is 13.4. The van der Waals surface area contributed by atoms with Crippen molar-refractivity contribution in [3.05, 3.63) is 46.6 Å². The number of hydrogen-bond acceptors (Lipinski definition) is 6. The number of carboxylic acid groups (broad SMARTS) is 1. The summed E-state index contributed by atoms with van der Waals surface area (Å²) in [6.07, 6.45) is 3.72. The predicted octanol–water partition coefficient (Wildman–Crippen LogP) is 1.05. The maximum atomic E-state index is 11.9. The molecule has 0 unspecified atom stereocenters. The van der Waals surface area contributed by atoms with Gasteiger partial charge in [0.2, 0.25) is 0 Å². The molecule has 1 aliphatic heterocycles. The summed E-state index contributed by atoms with van der Waals surface area (Å²) in [4.78, 5) is 29.3. The first-order valence-corrected chi connectivity index (χ1v) is 7.74. The number of hydrogen-bond donors (Lipinski definition) is 1. The first kappa shape index (κ1) is 15.2. The summed E-state index contributed by atoms with van der Waals surface area (Å²) in [6, 6.07) is 5.08. The molecule has 0 bridgehead atoms. The smallest absolute Gasteiger partial charge is 0.350 e. The van der Waals surface area contributed by atoms with Crippen LogP contribution in [0.4, 0.5) is 11.5 Å². The van der Waals surface area contributed by atoms with Crippen molar-refractivity contribution in [2.75, 3.05) is 18.1 Å². The zero-order chi connectivity index (χ0) is 17.6. The third-order valence-corrected chi connectivity index (χ3v) is 4.08. The summed E-state index contributed by atoms with van der Waals surface area (Å²) < 4.78 is 8.39. The number of rotatable bonds is 2. The van der Waals surface area contributed by atoms with Gasteiger partial charge < -0.3 is 14.7 Å². The second kappa shape index (κ2) is 5.62. The van der Waals surface area contributed by atoms with Crippen LogP contribution in [0.25, 0.3) is 5.65 Å². The van der Waals surface area contributed by atoms with Crippen molar-refractivity contribution >= 4 is 23.1 Å². The van der Waals surface area contributed by atoms with Crippen LogP contribution in [0.2, 0.25) is 0 Å². The second-order valence-electron chi connectivity index (χ2n) is 5.72. The number of aryl methyl sites for hydroxylation is 1. The second-order valence-corrected chi connectivity index (χ2v) is 5.72. The largest absolute Gasteiger partial charge is 0.490 e. The van der Waals surface area contributed by atoms with Gasteiger partial charge in [0.05, 0.1) is 12.2 Å². The number of pyridine rings is 2. The van der Waals surface area contributed by atoms with Gasteiger partial charge in [-0.15, -0.1) is 0 Å². The average Bonchev–Trinajstić information content (AvgIpc) is 2.78. The molecule has 0 fully saturated rings. The summed E-state index contributed by atoms with van der Waals surface area (Å²) >= 11 is 0. The van der Waals surface area contributed by atoms with Crippen LogP contribution in [0.1, 0.15) is 16.8 Å². The highest BCUT2D eigenvalue weighted by Gasteiger charge is 2.22. The van der Waals surface area contributed by atoms with E-state index in [0.29, 0.717) is 30.4 Å². The Morgan fingerprint density at radius 1 is 1.36 bits per heavy atom. The van der Waals surface area contributed by atoms with Crippen LogP contribution in [0.5, 0.6) is 5.75 Å². The summed E-state index contributed by atoms with van der Waals surface area (Å²) in [6.45, 7) is 1.12. The normalized spacial score (nSPS) is 14.0. The van der Waals surface area contributed by atoms with Crippen LogP contribution in [0, 0.1) is 0 Å². The van der Waals surface area contributed by atoms with E-state index in [1.165, 1.54) is 21.3 Å². The number of aromatic nitrogens is 4. The molecule has 128 valence electrons. The van der Waals surface area contributed by atoms with E-state index in [4.69, 9.17) is 9.84 Å². The number of carbonyl (C=O) groups is 1. The van der Waals surface area contributed by atoms with Crippen molar-refractivity contribution in [3.8, 4) is 5.75 Å². The number of nitrogens with zero attached hydrogens (tertiary/aromatic N) is 5. The van der Waals surface area contributed by atoms with E-state index in [1.54, 1.807) is 25.4 Å². The molecule has 0 radical (unpaired) electrons. The Morgan fingerprint density at radius 2 is 2.20 bits per heavy atom. The van der Waals surface area contributed by atoms with Gasteiger partial charge in [0.1, 0.15) is 0 Å². The molecule has 9 heteroatoms. The SMILES string of the molecule is Cn1nc2cc(N3CCCOc4cc(C(=O)O)cnc43)ccn2c1=O. The minimum absolute atomic E-state index is 0.0762. The fourth-order valence-electron chi connectivity index (χ4n) is 2.86. The Balaban J connectivity index is 1.83. The molecular formula is C16H15N5O4. The predicted molar refractivity (Wildman–Crippen MR) is 88.7 cm³/mol.